The minimum atomic E-state index is -0.0829. The van der Waals surface area contributed by atoms with Crippen LogP contribution in [-0.4, -0.2) is 35.1 Å². The second kappa shape index (κ2) is 6.32. The van der Waals surface area contributed by atoms with Gasteiger partial charge >= 0.3 is 0 Å². The van der Waals surface area contributed by atoms with Gasteiger partial charge in [0.25, 0.3) is 5.91 Å². The molecule has 22 heavy (non-hydrogen) atoms. The van der Waals surface area contributed by atoms with Gasteiger partial charge in [0.15, 0.2) is 0 Å². The summed E-state index contributed by atoms with van der Waals surface area (Å²) in [6.45, 7) is 5.64. The van der Waals surface area contributed by atoms with Crippen LogP contribution in [0.1, 0.15) is 43.5 Å². The van der Waals surface area contributed by atoms with Crippen LogP contribution in [0.3, 0.4) is 0 Å². The number of hydrogen-bond acceptors (Lipinski definition) is 3. The molecule has 5 heteroatoms. The van der Waals surface area contributed by atoms with Crippen molar-refractivity contribution in [2.24, 2.45) is 5.92 Å². The molecule has 0 radical (unpaired) electrons. The number of benzene rings is 1. The molecule has 1 aromatic rings. The zero-order valence-corrected chi connectivity index (χ0v) is 13.9. The molecule has 0 aromatic heterocycles. The summed E-state index contributed by atoms with van der Waals surface area (Å²) in [6, 6.07) is 5.66. The molecule has 118 valence electrons. The van der Waals surface area contributed by atoms with Crippen LogP contribution in [0.15, 0.2) is 23.1 Å². The standard InChI is InChI=1S/C17H22N2O2S/c1-3-8-19(10-12-4-5-12)17(21)13-6-7-15-14(9-13)18-16(20)11(2)22-15/h6-7,9,11-12H,3-5,8,10H2,1-2H3,(H,18,20). The Bertz CT molecular complexity index is 598. The normalized spacial score (nSPS) is 20.3. The van der Waals surface area contributed by atoms with E-state index in [0.717, 1.165) is 30.1 Å². The third-order valence-electron chi connectivity index (χ3n) is 4.11. The molecule has 4 nitrogen and oxygen atoms in total. The lowest BCUT2D eigenvalue weighted by Crippen LogP contribution is -2.34. The van der Waals surface area contributed by atoms with Gasteiger partial charge in [0.2, 0.25) is 5.91 Å². The highest BCUT2D eigenvalue weighted by atomic mass is 32.2. The molecule has 0 saturated heterocycles. The van der Waals surface area contributed by atoms with E-state index in [-0.39, 0.29) is 17.1 Å². The summed E-state index contributed by atoms with van der Waals surface area (Å²) in [5, 5.41) is 2.82. The first-order valence-corrected chi connectivity index (χ1v) is 8.87. The van der Waals surface area contributed by atoms with Gasteiger partial charge in [0.05, 0.1) is 10.9 Å². The van der Waals surface area contributed by atoms with Gasteiger partial charge in [-0.15, -0.1) is 11.8 Å². The van der Waals surface area contributed by atoms with E-state index in [1.807, 2.05) is 30.0 Å². The topological polar surface area (TPSA) is 49.4 Å². The second-order valence-corrected chi connectivity index (χ2v) is 7.54. The molecule has 1 saturated carbocycles. The first-order valence-electron chi connectivity index (χ1n) is 7.99. The van der Waals surface area contributed by atoms with Gasteiger partial charge in [-0.1, -0.05) is 6.92 Å². The number of anilines is 1. The molecule has 1 aliphatic carbocycles. The fourth-order valence-corrected chi connectivity index (χ4v) is 3.61. The summed E-state index contributed by atoms with van der Waals surface area (Å²) in [5.41, 5.74) is 1.44. The highest BCUT2D eigenvalue weighted by molar-refractivity contribution is 8.00. The number of rotatable bonds is 5. The van der Waals surface area contributed by atoms with Crippen LogP contribution in [0.25, 0.3) is 0 Å². The number of carbonyl (C=O) groups excluding carboxylic acids is 2. The molecular formula is C17H22N2O2S. The summed E-state index contributed by atoms with van der Waals surface area (Å²) in [7, 11) is 0. The van der Waals surface area contributed by atoms with Gasteiger partial charge < -0.3 is 10.2 Å². The average molecular weight is 318 g/mol. The Labute approximate surface area is 135 Å². The zero-order valence-electron chi connectivity index (χ0n) is 13.1. The number of nitrogens with zero attached hydrogens (tertiary/aromatic N) is 1. The van der Waals surface area contributed by atoms with E-state index in [4.69, 9.17) is 0 Å². The van der Waals surface area contributed by atoms with Crippen molar-refractivity contribution in [2.75, 3.05) is 18.4 Å². The molecule has 1 fully saturated rings. The monoisotopic (exact) mass is 318 g/mol. The largest absolute Gasteiger partial charge is 0.338 e. The average Bonchev–Trinajstić information content (AvgIpc) is 3.31. The van der Waals surface area contributed by atoms with Gasteiger partial charge in [0.1, 0.15) is 0 Å². The fourth-order valence-electron chi connectivity index (χ4n) is 2.68. The van der Waals surface area contributed by atoms with Gasteiger partial charge in [-0.3, -0.25) is 9.59 Å². The predicted octanol–water partition coefficient (Wildman–Crippen LogP) is 3.38. The Morgan fingerprint density at radius 2 is 2.18 bits per heavy atom. The van der Waals surface area contributed by atoms with E-state index < -0.39 is 0 Å². The van der Waals surface area contributed by atoms with Crippen LogP contribution >= 0.6 is 11.8 Å². The molecule has 1 aliphatic heterocycles. The Balaban J connectivity index is 1.79. The lowest BCUT2D eigenvalue weighted by molar-refractivity contribution is -0.115. The van der Waals surface area contributed by atoms with Gasteiger partial charge in [0, 0.05) is 23.5 Å². The number of nitrogens with one attached hydrogen (secondary N) is 1. The first kappa shape index (κ1) is 15.4. The molecular weight excluding hydrogens is 296 g/mol. The van der Waals surface area contributed by atoms with E-state index in [1.54, 1.807) is 11.8 Å². The lowest BCUT2D eigenvalue weighted by Gasteiger charge is -2.24. The number of carbonyl (C=O) groups is 2. The quantitative estimate of drug-likeness (QED) is 0.905. The molecule has 1 N–H and O–H groups in total. The highest BCUT2D eigenvalue weighted by Crippen LogP contribution is 2.36. The van der Waals surface area contributed by atoms with Crippen LogP contribution in [0.4, 0.5) is 5.69 Å². The minimum Gasteiger partial charge on any atom is -0.338 e. The van der Waals surface area contributed by atoms with E-state index in [2.05, 4.69) is 12.2 Å². The Kier molecular flexibility index (Phi) is 4.43. The van der Waals surface area contributed by atoms with E-state index in [1.165, 1.54) is 12.8 Å². The Morgan fingerprint density at radius 1 is 1.41 bits per heavy atom. The number of thioether (sulfide) groups is 1. The SMILES string of the molecule is CCCN(CC1CC1)C(=O)c1ccc2c(c1)NC(=O)C(C)S2. The number of hydrogen-bond donors (Lipinski definition) is 1. The highest BCUT2D eigenvalue weighted by Gasteiger charge is 2.28. The molecule has 1 atom stereocenters. The van der Waals surface area contributed by atoms with Crippen LogP contribution in [-0.2, 0) is 4.79 Å². The van der Waals surface area contributed by atoms with Crippen molar-refractivity contribution in [1.82, 2.24) is 4.90 Å². The summed E-state index contributed by atoms with van der Waals surface area (Å²) in [6.07, 6.45) is 3.44. The first-order chi connectivity index (χ1) is 10.6. The third-order valence-corrected chi connectivity index (χ3v) is 5.29. The van der Waals surface area contributed by atoms with Crippen molar-refractivity contribution in [1.29, 1.82) is 0 Å². The van der Waals surface area contributed by atoms with E-state index >= 15 is 0 Å². The molecule has 2 amide bonds. The summed E-state index contributed by atoms with van der Waals surface area (Å²) >= 11 is 1.54. The summed E-state index contributed by atoms with van der Waals surface area (Å²) < 4.78 is 0. The zero-order chi connectivity index (χ0) is 15.7. The van der Waals surface area contributed by atoms with Crippen molar-refractivity contribution in [3.05, 3.63) is 23.8 Å². The molecule has 1 aromatic carbocycles. The van der Waals surface area contributed by atoms with Gasteiger partial charge in [-0.2, -0.15) is 0 Å². The predicted molar refractivity (Wildman–Crippen MR) is 89.3 cm³/mol. The van der Waals surface area contributed by atoms with Crippen LogP contribution in [0.2, 0.25) is 0 Å². The van der Waals surface area contributed by atoms with Crippen molar-refractivity contribution in [3.8, 4) is 0 Å². The summed E-state index contributed by atoms with van der Waals surface area (Å²) in [5.74, 6) is 0.768. The molecule has 1 heterocycles. The number of fused-ring (bicyclic) bond motifs is 1. The fraction of sp³-hybridized carbons (Fsp3) is 0.529. The molecule has 3 rings (SSSR count). The van der Waals surface area contributed by atoms with Crippen LogP contribution < -0.4 is 5.32 Å². The van der Waals surface area contributed by atoms with Crippen molar-refractivity contribution >= 4 is 29.3 Å². The molecule has 0 bridgehead atoms. The molecule has 2 aliphatic rings. The van der Waals surface area contributed by atoms with Crippen molar-refractivity contribution in [3.63, 3.8) is 0 Å². The maximum Gasteiger partial charge on any atom is 0.253 e. The smallest absolute Gasteiger partial charge is 0.253 e. The minimum absolute atomic E-state index is 0.00509. The third kappa shape index (κ3) is 3.29. The van der Waals surface area contributed by atoms with Crippen LogP contribution in [0, 0.1) is 5.92 Å². The van der Waals surface area contributed by atoms with E-state index in [9.17, 15) is 9.59 Å². The second-order valence-electron chi connectivity index (χ2n) is 6.15. The number of amides is 2. The summed E-state index contributed by atoms with van der Waals surface area (Å²) in [4.78, 5) is 27.5. The maximum atomic E-state index is 12.7. The lowest BCUT2D eigenvalue weighted by atomic mass is 10.1. The van der Waals surface area contributed by atoms with Gasteiger partial charge in [-0.25, -0.2) is 0 Å². The van der Waals surface area contributed by atoms with Crippen LogP contribution in [0.5, 0.6) is 0 Å². The van der Waals surface area contributed by atoms with Gasteiger partial charge in [-0.05, 0) is 50.3 Å². The van der Waals surface area contributed by atoms with E-state index in [0.29, 0.717) is 11.5 Å². The van der Waals surface area contributed by atoms with Crippen molar-refractivity contribution in [2.45, 2.75) is 43.3 Å². The maximum absolute atomic E-state index is 12.7. The Morgan fingerprint density at radius 3 is 2.86 bits per heavy atom. The van der Waals surface area contributed by atoms with Crippen molar-refractivity contribution < 1.29 is 9.59 Å². The molecule has 0 spiro atoms. The molecule has 1 unspecified atom stereocenters. The Hall–Kier alpha value is -1.49.